The smallest absolute Gasteiger partial charge is 0.409 e. The van der Waals surface area contributed by atoms with Crippen LogP contribution in [0.25, 0.3) is 0 Å². The van der Waals surface area contributed by atoms with Crippen LogP contribution in [0.2, 0.25) is 0 Å². The molecule has 36 heavy (non-hydrogen) atoms. The molecule has 2 saturated heterocycles. The van der Waals surface area contributed by atoms with Crippen molar-refractivity contribution in [1.29, 1.82) is 0 Å². The molecule has 3 aliphatic rings. The standard InChI is InChI=1S/C28H34N4O4/c1-2-36-28(35)31-16-12-23(13-17-31)32-19-21-6-5-7-24(25(21)27(32)34)26(33)29-22-10-8-20(9-11-22)18-30-14-3-4-15-30/h5-11,23H,2-4,12-19H2,1H3,(H,29,33). The number of hydrogen-bond donors (Lipinski definition) is 1. The van der Waals surface area contributed by atoms with Gasteiger partial charge >= 0.3 is 6.09 Å². The van der Waals surface area contributed by atoms with E-state index in [9.17, 15) is 14.4 Å². The number of likely N-dealkylation sites (tertiary alicyclic amines) is 2. The summed E-state index contributed by atoms with van der Waals surface area (Å²) >= 11 is 0. The van der Waals surface area contributed by atoms with Crippen LogP contribution in [0.5, 0.6) is 0 Å². The Hall–Kier alpha value is -3.39. The summed E-state index contributed by atoms with van der Waals surface area (Å²) in [6.07, 6.45) is 3.62. The number of ether oxygens (including phenoxy) is 1. The van der Waals surface area contributed by atoms with Crippen molar-refractivity contribution >= 4 is 23.6 Å². The van der Waals surface area contributed by atoms with Crippen molar-refractivity contribution in [2.45, 2.75) is 51.7 Å². The lowest BCUT2D eigenvalue weighted by atomic mass is 10.0. The number of hydrogen-bond acceptors (Lipinski definition) is 5. The van der Waals surface area contributed by atoms with Crippen LogP contribution in [-0.4, -0.2) is 71.4 Å². The largest absolute Gasteiger partial charge is 0.450 e. The second-order valence-electron chi connectivity index (χ2n) is 9.82. The summed E-state index contributed by atoms with van der Waals surface area (Å²) in [6, 6.07) is 13.5. The summed E-state index contributed by atoms with van der Waals surface area (Å²) in [6.45, 7) is 6.99. The topological polar surface area (TPSA) is 82.2 Å². The molecule has 0 spiro atoms. The molecule has 190 valence electrons. The van der Waals surface area contributed by atoms with E-state index in [1.54, 1.807) is 17.9 Å². The minimum absolute atomic E-state index is 0.0367. The van der Waals surface area contributed by atoms with Crippen LogP contribution in [0.1, 0.15) is 64.4 Å². The molecule has 2 fully saturated rings. The Morgan fingerprint density at radius 1 is 1.00 bits per heavy atom. The first-order valence-corrected chi connectivity index (χ1v) is 13.0. The van der Waals surface area contributed by atoms with Gasteiger partial charge in [0.25, 0.3) is 11.8 Å². The molecule has 0 atom stereocenters. The van der Waals surface area contributed by atoms with E-state index in [0.29, 0.717) is 50.2 Å². The lowest BCUT2D eigenvalue weighted by molar-refractivity contribution is 0.0556. The maximum atomic E-state index is 13.4. The zero-order valence-corrected chi connectivity index (χ0v) is 20.9. The molecule has 8 heteroatoms. The summed E-state index contributed by atoms with van der Waals surface area (Å²) in [4.78, 5) is 44.6. The predicted octanol–water partition coefficient (Wildman–Crippen LogP) is 4.11. The number of carbonyl (C=O) groups is 3. The highest BCUT2D eigenvalue weighted by molar-refractivity contribution is 6.13. The van der Waals surface area contributed by atoms with Crippen LogP contribution >= 0.6 is 0 Å². The molecule has 0 saturated carbocycles. The fraction of sp³-hybridized carbons (Fsp3) is 0.464. The van der Waals surface area contributed by atoms with Gasteiger partial charge in [-0.15, -0.1) is 0 Å². The van der Waals surface area contributed by atoms with Gasteiger partial charge < -0.3 is 19.9 Å². The Bertz CT molecular complexity index is 1120. The first-order valence-electron chi connectivity index (χ1n) is 13.0. The highest BCUT2D eigenvalue weighted by Gasteiger charge is 2.37. The van der Waals surface area contributed by atoms with Crippen LogP contribution in [0, 0.1) is 0 Å². The Balaban J connectivity index is 1.23. The van der Waals surface area contributed by atoms with E-state index in [0.717, 1.165) is 30.9 Å². The number of nitrogens with one attached hydrogen (secondary N) is 1. The third-order valence-electron chi connectivity index (χ3n) is 7.46. The Morgan fingerprint density at radius 2 is 1.72 bits per heavy atom. The summed E-state index contributed by atoms with van der Waals surface area (Å²) in [7, 11) is 0. The molecule has 8 nitrogen and oxygen atoms in total. The second-order valence-corrected chi connectivity index (χ2v) is 9.82. The fourth-order valence-electron chi connectivity index (χ4n) is 5.53. The van der Waals surface area contributed by atoms with Gasteiger partial charge in [-0.1, -0.05) is 24.3 Å². The molecule has 1 N–H and O–H groups in total. The van der Waals surface area contributed by atoms with Gasteiger partial charge in [0.2, 0.25) is 0 Å². The van der Waals surface area contributed by atoms with Crippen LogP contribution in [0.3, 0.4) is 0 Å². The summed E-state index contributed by atoms with van der Waals surface area (Å²) in [5, 5.41) is 2.97. The van der Waals surface area contributed by atoms with E-state index in [4.69, 9.17) is 4.74 Å². The average Bonchev–Trinajstić information content (AvgIpc) is 3.53. The Labute approximate surface area is 212 Å². The fourth-order valence-corrected chi connectivity index (χ4v) is 5.53. The average molecular weight is 491 g/mol. The van der Waals surface area contributed by atoms with Crippen LogP contribution in [0.4, 0.5) is 10.5 Å². The molecule has 0 aromatic heterocycles. The highest BCUT2D eigenvalue weighted by atomic mass is 16.6. The monoisotopic (exact) mass is 490 g/mol. The number of piperidine rings is 1. The van der Waals surface area contributed by atoms with Crippen molar-refractivity contribution < 1.29 is 19.1 Å². The molecule has 2 aromatic rings. The van der Waals surface area contributed by atoms with Gasteiger partial charge in [-0.25, -0.2) is 4.79 Å². The van der Waals surface area contributed by atoms with Crippen molar-refractivity contribution in [3.05, 3.63) is 64.7 Å². The molecule has 0 aliphatic carbocycles. The Kier molecular flexibility index (Phi) is 7.23. The molecule has 5 rings (SSSR count). The van der Waals surface area contributed by atoms with Gasteiger partial charge in [-0.05, 0) is 75.0 Å². The van der Waals surface area contributed by atoms with Crippen molar-refractivity contribution in [3.63, 3.8) is 0 Å². The second kappa shape index (κ2) is 10.7. The number of fused-ring (bicyclic) bond motifs is 1. The summed E-state index contributed by atoms with van der Waals surface area (Å²) < 4.78 is 5.10. The molecule has 0 radical (unpaired) electrons. The van der Waals surface area contributed by atoms with E-state index >= 15 is 0 Å². The highest BCUT2D eigenvalue weighted by Crippen LogP contribution is 2.31. The SMILES string of the molecule is CCOC(=O)N1CCC(N2Cc3cccc(C(=O)Nc4ccc(CN5CCCC5)cc4)c3C2=O)CC1. The molecule has 0 unspecified atom stereocenters. The summed E-state index contributed by atoms with van der Waals surface area (Å²) in [5.41, 5.74) is 3.73. The van der Waals surface area contributed by atoms with Crippen molar-refractivity contribution in [1.82, 2.24) is 14.7 Å². The normalized spacial score (nSPS) is 18.4. The number of nitrogens with zero attached hydrogens (tertiary/aromatic N) is 3. The first-order chi connectivity index (χ1) is 17.5. The zero-order valence-electron chi connectivity index (χ0n) is 20.9. The lowest BCUT2D eigenvalue weighted by Crippen LogP contribution is -2.47. The first kappa shape index (κ1) is 24.3. The van der Waals surface area contributed by atoms with Crippen LogP contribution in [-0.2, 0) is 17.8 Å². The van der Waals surface area contributed by atoms with E-state index in [1.807, 2.05) is 29.2 Å². The Morgan fingerprint density at radius 3 is 2.42 bits per heavy atom. The van der Waals surface area contributed by atoms with E-state index in [1.165, 1.54) is 18.4 Å². The number of benzene rings is 2. The maximum Gasteiger partial charge on any atom is 0.409 e. The van der Waals surface area contributed by atoms with Gasteiger partial charge in [0.05, 0.1) is 17.7 Å². The lowest BCUT2D eigenvalue weighted by Gasteiger charge is -2.36. The van der Waals surface area contributed by atoms with Gasteiger partial charge in [0.1, 0.15) is 0 Å². The molecule has 3 aliphatic heterocycles. The summed E-state index contributed by atoms with van der Waals surface area (Å²) in [5.74, 6) is -0.377. The van der Waals surface area contributed by atoms with Gasteiger partial charge in [-0.3, -0.25) is 14.5 Å². The number of amides is 3. The van der Waals surface area contributed by atoms with Crippen molar-refractivity contribution in [2.24, 2.45) is 0 Å². The van der Waals surface area contributed by atoms with Crippen LogP contribution < -0.4 is 5.32 Å². The zero-order chi connectivity index (χ0) is 25.1. The molecule has 0 bridgehead atoms. The third kappa shape index (κ3) is 5.09. The van der Waals surface area contributed by atoms with Gasteiger partial charge in [-0.2, -0.15) is 0 Å². The van der Waals surface area contributed by atoms with Crippen molar-refractivity contribution in [2.75, 3.05) is 38.1 Å². The quantitative estimate of drug-likeness (QED) is 0.659. The van der Waals surface area contributed by atoms with Crippen molar-refractivity contribution in [3.8, 4) is 0 Å². The minimum atomic E-state index is -0.296. The number of carbonyl (C=O) groups excluding carboxylic acids is 3. The predicted molar refractivity (Wildman–Crippen MR) is 137 cm³/mol. The molecule has 3 amide bonds. The van der Waals surface area contributed by atoms with E-state index in [2.05, 4.69) is 22.3 Å². The number of anilines is 1. The number of rotatable bonds is 6. The van der Waals surface area contributed by atoms with E-state index in [-0.39, 0.29) is 23.9 Å². The maximum absolute atomic E-state index is 13.4. The third-order valence-corrected chi connectivity index (χ3v) is 7.46. The molecular weight excluding hydrogens is 456 g/mol. The molecule has 3 heterocycles. The molecule has 2 aromatic carbocycles. The van der Waals surface area contributed by atoms with Gasteiger partial charge in [0.15, 0.2) is 0 Å². The van der Waals surface area contributed by atoms with Crippen LogP contribution in [0.15, 0.2) is 42.5 Å². The molecular formula is C28H34N4O4. The van der Waals surface area contributed by atoms with E-state index < -0.39 is 0 Å². The van der Waals surface area contributed by atoms with Gasteiger partial charge in [0, 0.05) is 37.9 Å². The minimum Gasteiger partial charge on any atom is -0.450 e.